The van der Waals surface area contributed by atoms with E-state index >= 15 is 0 Å². The lowest BCUT2D eigenvalue weighted by molar-refractivity contribution is 0.441. The molecule has 3 nitrogen and oxygen atoms in total. The van der Waals surface area contributed by atoms with Gasteiger partial charge in [0.1, 0.15) is 5.82 Å². The van der Waals surface area contributed by atoms with Crippen LogP contribution in [-0.4, -0.2) is 9.97 Å². The fourth-order valence-electron chi connectivity index (χ4n) is 2.03. The van der Waals surface area contributed by atoms with Crippen LogP contribution in [0.25, 0.3) is 0 Å². The second kappa shape index (κ2) is 6.38. The zero-order chi connectivity index (χ0) is 13.7. The van der Waals surface area contributed by atoms with Crippen molar-refractivity contribution in [3.8, 4) is 0 Å². The minimum Gasteiger partial charge on any atom is -0.301 e. The number of halogens is 1. The lowest BCUT2D eigenvalue weighted by Gasteiger charge is -2.21. The van der Waals surface area contributed by atoms with Crippen LogP contribution in [0.3, 0.4) is 0 Å². The van der Waals surface area contributed by atoms with Crippen LogP contribution in [-0.2, 0) is 0 Å². The van der Waals surface area contributed by atoms with Gasteiger partial charge in [-0.3, -0.25) is 9.97 Å². The van der Waals surface area contributed by atoms with Crippen molar-refractivity contribution in [2.45, 2.75) is 32.4 Å². The van der Waals surface area contributed by atoms with E-state index in [1.165, 1.54) is 12.3 Å². The largest absolute Gasteiger partial charge is 0.301 e. The van der Waals surface area contributed by atoms with Gasteiger partial charge in [0.25, 0.3) is 0 Å². The molecule has 2 heterocycles. The van der Waals surface area contributed by atoms with Gasteiger partial charge in [-0.1, -0.05) is 13.0 Å². The molecule has 2 rings (SSSR count). The summed E-state index contributed by atoms with van der Waals surface area (Å²) >= 11 is 0. The summed E-state index contributed by atoms with van der Waals surface area (Å²) in [5.41, 5.74) is 1.84. The van der Waals surface area contributed by atoms with Gasteiger partial charge >= 0.3 is 0 Å². The van der Waals surface area contributed by atoms with Crippen LogP contribution >= 0.6 is 0 Å². The molecular weight excluding hydrogens is 241 g/mol. The van der Waals surface area contributed by atoms with Crippen molar-refractivity contribution in [1.82, 2.24) is 15.3 Å². The second-order valence-corrected chi connectivity index (χ2v) is 4.51. The average Bonchev–Trinajstić information content (AvgIpc) is 2.46. The molecule has 0 aliphatic heterocycles. The summed E-state index contributed by atoms with van der Waals surface area (Å²) in [5.74, 6) is -0.309. The van der Waals surface area contributed by atoms with E-state index in [0.29, 0.717) is 0 Å². The summed E-state index contributed by atoms with van der Waals surface area (Å²) in [6, 6.07) is 9.24. The van der Waals surface area contributed by atoms with Crippen molar-refractivity contribution < 1.29 is 4.39 Å². The third-order valence-corrected chi connectivity index (χ3v) is 3.10. The third-order valence-electron chi connectivity index (χ3n) is 3.10. The first-order chi connectivity index (χ1) is 9.20. The number of aromatic nitrogens is 2. The van der Waals surface area contributed by atoms with Crippen molar-refractivity contribution in [2.24, 2.45) is 0 Å². The molecule has 0 amide bonds. The van der Waals surface area contributed by atoms with Crippen LogP contribution in [0.1, 0.15) is 43.7 Å². The molecule has 1 N–H and O–H groups in total. The number of pyridine rings is 2. The van der Waals surface area contributed by atoms with Gasteiger partial charge in [-0.25, -0.2) is 4.39 Å². The predicted octanol–water partition coefficient (Wildman–Crippen LogP) is 3.42. The molecule has 0 radical (unpaired) electrons. The fraction of sp³-hybridized carbons (Fsp3) is 0.333. The topological polar surface area (TPSA) is 37.8 Å². The van der Waals surface area contributed by atoms with E-state index in [4.69, 9.17) is 0 Å². The maximum atomic E-state index is 12.9. The molecule has 0 aliphatic rings. The molecule has 1 unspecified atom stereocenters. The Labute approximate surface area is 112 Å². The molecule has 2 aromatic heterocycles. The molecule has 0 aromatic carbocycles. The van der Waals surface area contributed by atoms with Gasteiger partial charge in [0.2, 0.25) is 0 Å². The van der Waals surface area contributed by atoms with Gasteiger partial charge in [-0.15, -0.1) is 0 Å². The van der Waals surface area contributed by atoms with Crippen LogP contribution in [0.4, 0.5) is 4.39 Å². The molecule has 0 aliphatic carbocycles. The van der Waals surface area contributed by atoms with Crippen LogP contribution in [0, 0.1) is 5.82 Å². The van der Waals surface area contributed by atoms with Crippen molar-refractivity contribution >= 4 is 0 Å². The Kier molecular flexibility index (Phi) is 4.58. The first-order valence-corrected chi connectivity index (χ1v) is 6.49. The maximum Gasteiger partial charge on any atom is 0.141 e. The Morgan fingerprint density at radius 3 is 2.58 bits per heavy atom. The standard InChI is InChI=1S/C15H18FN3/c1-3-13(15-8-7-12(16)10-18-15)19-11(2)14-6-4-5-9-17-14/h4-11,13,19H,3H2,1-2H3/t11-,13?/m1/s1. The normalized spacial score (nSPS) is 14.1. The van der Waals surface area contributed by atoms with Gasteiger partial charge in [-0.2, -0.15) is 0 Å². The summed E-state index contributed by atoms with van der Waals surface area (Å²) in [6.45, 7) is 4.14. The lowest BCUT2D eigenvalue weighted by atomic mass is 10.1. The number of nitrogens with zero attached hydrogens (tertiary/aromatic N) is 2. The van der Waals surface area contributed by atoms with Crippen molar-refractivity contribution in [3.63, 3.8) is 0 Å². The van der Waals surface area contributed by atoms with Crippen LogP contribution < -0.4 is 5.32 Å². The van der Waals surface area contributed by atoms with Crippen molar-refractivity contribution in [2.75, 3.05) is 0 Å². The molecular formula is C15H18FN3. The van der Waals surface area contributed by atoms with E-state index < -0.39 is 0 Å². The maximum absolute atomic E-state index is 12.9. The quantitative estimate of drug-likeness (QED) is 0.894. The van der Waals surface area contributed by atoms with E-state index in [-0.39, 0.29) is 17.9 Å². The highest BCUT2D eigenvalue weighted by molar-refractivity contribution is 5.12. The minimum absolute atomic E-state index is 0.0950. The van der Waals surface area contributed by atoms with Gasteiger partial charge in [0.05, 0.1) is 17.6 Å². The van der Waals surface area contributed by atoms with E-state index in [2.05, 4.69) is 29.1 Å². The first-order valence-electron chi connectivity index (χ1n) is 6.49. The minimum atomic E-state index is -0.309. The lowest BCUT2D eigenvalue weighted by Crippen LogP contribution is -2.25. The Hall–Kier alpha value is -1.81. The Morgan fingerprint density at radius 1 is 1.16 bits per heavy atom. The molecule has 0 bridgehead atoms. The molecule has 0 saturated heterocycles. The smallest absolute Gasteiger partial charge is 0.141 e. The van der Waals surface area contributed by atoms with E-state index in [0.717, 1.165) is 17.8 Å². The van der Waals surface area contributed by atoms with Gasteiger partial charge in [-0.05, 0) is 37.6 Å². The Morgan fingerprint density at radius 2 is 2.00 bits per heavy atom. The van der Waals surface area contributed by atoms with E-state index in [9.17, 15) is 4.39 Å². The summed E-state index contributed by atoms with van der Waals surface area (Å²) in [7, 11) is 0. The number of nitrogens with one attached hydrogen (secondary N) is 1. The van der Waals surface area contributed by atoms with Crippen LogP contribution in [0.15, 0.2) is 42.7 Å². The summed E-state index contributed by atoms with van der Waals surface area (Å²) < 4.78 is 12.9. The van der Waals surface area contributed by atoms with E-state index in [1.807, 2.05) is 18.2 Å². The average molecular weight is 259 g/mol. The SMILES string of the molecule is CCC(N[C@H](C)c1ccccn1)c1ccc(F)cn1. The monoisotopic (exact) mass is 259 g/mol. The zero-order valence-electron chi connectivity index (χ0n) is 11.2. The number of hydrogen-bond donors (Lipinski definition) is 1. The molecule has 4 heteroatoms. The highest BCUT2D eigenvalue weighted by atomic mass is 19.1. The van der Waals surface area contributed by atoms with Gasteiger partial charge in [0.15, 0.2) is 0 Å². The second-order valence-electron chi connectivity index (χ2n) is 4.51. The molecule has 19 heavy (non-hydrogen) atoms. The fourth-order valence-corrected chi connectivity index (χ4v) is 2.03. The van der Waals surface area contributed by atoms with Crippen LogP contribution in [0.5, 0.6) is 0 Å². The summed E-state index contributed by atoms with van der Waals surface area (Å²) in [4.78, 5) is 8.47. The highest BCUT2D eigenvalue weighted by Gasteiger charge is 2.15. The molecule has 2 atom stereocenters. The molecule has 0 saturated carbocycles. The molecule has 0 spiro atoms. The third kappa shape index (κ3) is 3.58. The summed E-state index contributed by atoms with van der Waals surface area (Å²) in [6.07, 6.45) is 3.92. The highest BCUT2D eigenvalue weighted by Crippen LogP contribution is 2.19. The molecule has 100 valence electrons. The van der Waals surface area contributed by atoms with Gasteiger partial charge in [0, 0.05) is 18.3 Å². The van der Waals surface area contributed by atoms with Crippen molar-refractivity contribution in [1.29, 1.82) is 0 Å². The Bertz CT molecular complexity index is 499. The van der Waals surface area contributed by atoms with E-state index in [1.54, 1.807) is 12.3 Å². The van der Waals surface area contributed by atoms with Crippen LogP contribution in [0.2, 0.25) is 0 Å². The molecule has 0 fully saturated rings. The number of rotatable bonds is 5. The summed E-state index contributed by atoms with van der Waals surface area (Å²) in [5, 5.41) is 3.47. The molecule has 2 aromatic rings. The Balaban J connectivity index is 2.09. The number of hydrogen-bond acceptors (Lipinski definition) is 3. The predicted molar refractivity (Wildman–Crippen MR) is 73.0 cm³/mol. The van der Waals surface area contributed by atoms with Crippen molar-refractivity contribution in [3.05, 3.63) is 59.9 Å². The zero-order valence-corrected chi connectivity index (χ0v) is 11.2. The first kappa shape index (κ1) is 13.6. The van der Waals surface area contributed by atoms with Gasteiger partial charge < -0.3 is 5.32 Å².